The third kappa shape index (κ3) is 6.37. The first-order valence-corrected chi connectivity index (χ1v) is 10.9. The standard InChI is InChI=1S/C23H28N6O5/c1-2-3-11-29-20(24)19(21(31)27-23(29)33)28(14-16-8-5-4-6-9-16)15-18(30)26-22(32)25-13-17-10-7-12-34-17/h4-10,12H,2-3,11,13-15,24H2,1H3,(H,27,31,33)(H2,25,26,30,32). The molecule has 2 aromatic heterocycles. The Hall–Kier alpha value is -4.28. The van der Waals surface area contributed by atoms with Crippen LogP contribution in [0.2, 0.25) is 0 Å². The van der Waals surface area contributed by atoms with E-state index in [-0.39, 0.29) is 31.1 Å². The summed E-state index contributed by atoms with van der Waals surface area (Å²) >= 11 is 0. The molecule has 11 heteroatoms. The number of nitrogen functional groups attached to an aromatic ring is 1. The van der Waals surface area contributed by atoms with Crippen LogP contribution >= 0.6 is 0 Å². The van der Waals surface area contributed by atoms with Gasteiger partial charge in [-0.05, 0) is 24.1 Å². The van der Waals surface area contributed by atoms with Crippen molar-refractivity contribution in [1.82, 2.24) is 20.2 Å². The Morgan fingerprint density at radius 2 is 1.91 bits per heavy atom. The largest absolute Gasteiger partial charge is 0.467 e. The molecule has 0 aliphatic heterocycles. The summed E-state index contributed by atoms with van der Waals surface area (Å²) in [5.74, 6) is -0.159. The summed E-state index contributed by atoms with van der Waals surface area (Å²) in [6, 6.07) is 11.8. The third-order valence-electron chi connectivity index (χ3n) is 5.07. The Morgan fingerprint density at radius 3 is 2.59 bits per heavy atom. The minimum Gasteiger partial charge on any atom is -0.467 e. The number of H-pyrrole nitrogens is 1. The summed E-state index contributed by atoms with van der Waals surface area (Å²) in [7, 11) is 0. The molecule has 3 aromatic rings. The molecule has 3 rings (SSSR count). The fraction of sp³-hybridized carbons (Fsp3) is 0.304. The maximum absolute atomic E-state index is 12.7. The van der Waals surface area contributed by atoms with Gasteiger partial charge in [-0.1, -0.05) is 43.7 Å². The number of nitrogens with one attached hydrogen (secondary N) is 3. The van der Waals surface area contributed by atoms with E-state index in [2.05, 4.69) is 15.6 Å². The van der Waals surface area contributed by atoms with Crippen molar-refractivity contribution >= 4 is 23.4 Å². The van der Waals surface area contributed by atoms with E-state index in [1.165, 1.54) is 15.7 Å². The van der Waals surface area contributed by atoms with E-state index in [1.54, 1.807) is 12.1 Å². The summed E-state index contributed by atoms with van der Waals surface area (Å²) < 4.78 is 6.42. The van der Waals surface area contributed by atoms with E-state index in [0.29, 0.717) is 18.7 Å². The van der Waals surface area contributed by atoms with Gasteiger partial charge in [0.25, 0.3) is 5.56 Å². The zero-order chi connectivity index (χ0) is 24.5. The molecule has 0 atom stereocenters. The average molecular weight is 469 g/mol. The Labute approximate surface area is 195 Å². The summed E-state index contributed by atoms with van der Waals surface area (Å²) in [6.07, 6.45) is 2.98. The van der Waals surface area contributed by atoms with Gasteiger partial charge in [0.1, 0.15) is 17.3 Å². The highest BCUT2D eigenvalue weighted by Crippen LogP contribution is 2.19. The molecular weight excluding hydrogens is 440 g/mol. The number of aromatic amines is 1. The predicted octanol–water partition coefficient (Wildman–Crippen LogP) is 1.54. The van der Waals surface area contributed by atoms with Crippen molar-refractivity contribution < 1.29 is 14.0 Å². The van der Waals surface area contributed by atoms with Crippen LogP contribution in [0.3, 0.4) is 0 Å². The molecule has 0 spiro atoms. The fourth-order valence-corrected chi connectivity index (χ4v) is 3.40. The Kier molecular flexibility index (Phi) is 8.27. The molecule has 2 heterocycles. The number of hydrogen-bond donors (Lipinski definition) is 4. The van der Waals surface area contributed by atoms with Gasteiger partial charge in [-0.3, -0.25) is 24.5 Å². The van der Waals surface area contributed by atoms with Crippen LogP contribution in [0.5, 0.6) is 0 Å². The molecule has 0 fully saturated rings. The number of hydrogen-bond acceptors (Lipinski definition) is 7. The van der Waals surface area contributed by atoms with Crippen molar-refractivity contribution in [3.8, 4) is 0 Å². The number of amides is 3. The quantitative estimate of drug-likeness (QED) is 0.352. The zero-order valence-electron chi connectivity index (χ0n) is 18.9. The van der Waals surface area contributed by atoms with Crippen LogP contribution in [0, 0.1) is 0 Å². The number of urea groups is 1. The van der Waals surface area contributed by atoms with Gasteiger partial charge in [0, 0.05) is 13.1 Å². The van der Waals surface area contributed by atoms with Gasteiger partial charge < -0.3 is 20.4 Å². The van der Waals surface area contributed by atoms with E-state index >= 15 is 0 Å². The lowest BCUT2D eigenvalue weighted by Gasteiger charge is -2.25. The topological polar surface area (TPSA) is 155 Å². The maximum atomic E-state index is 12.7. The van der Waals surface area contributed by atoms with Gasteiger partial charge in [-0.25, -0.2) is 9.59 Å². The fourth-order valence-electron chi connectivity index (χ4n) is 3.40. The second-order valence-corrected chi connectivity index (χ2v) is 7.65. The number of nitrogens with two attached hydrogens (primary N) is 1. The van der Waals surface area contributed by atoms with Crippen LogP contribution in [0.25, 0.3) is 0 Å². The summed E-state index contributed by atoms with van der Waals surface area (Å²) in [5, 5.41) is 4.75. The Morgan fingerprint density at radius 1 is 1.15 bits per heavy atom. The lowest BCUT2D eigenvalue weighted by Crippen LogP contribution is -2.46. The average Bonchev–Trinajstić information content (AvgIpc) is 3.32. The Bertz CT molecular complexity index is 1220. The molecule has 11 nitrogen and oxygen atoms in total. The molecule has 0 radical (unpaired) electrons. The smallest absolute Gasteiger partial charge is 0.330 e. The highest BCUT2D eigenvalue weighted by atomic mass is 16.3. The summed E-state index contributed by atoms with van der Waals surface area (Å²) in [5.41, 5.74) is 5.72. The van der Waals surface area contributed by atoms with Crippen molar-refractivity contribution in [2.24, 2.45) is 0 Å². The first kappa shape index (κ1) is 24.4. The predicted molar refractivity (Wildman–Crippen MR) is 127 cm³/mol. The van der Waals surface area contributed by atoms with Crippen LogP contribution in [0.1, 0.15) is 31.1 Å². The van der Waals surface area contributed by atoms with Gasteiger partial charge in [0.15, 0.2) is 0 Å². The van der Waals surface area contributed by atoms with Crippen LogP contribution in [0.4, 0.5) is 16.3 Å². The van der Waals surface area contributed by atoms with Crippen molar-refractivity contribution in [2.75, 3.05) is 17.2 Å². The maximum Gasteiger partial charge on any atom is 0.330 e. The van der Waals surface area contributed by atoms with Gasteiger partial charge in [-0.2, -0.15) is 0 Å². The number of unbranched alkanes of at least 4 members (excludes halogenated alkanes) is 1. The van der Waals surface area contributed by atoms with Crippen LogP contribution in [-0.2, 0) is 24.4 Å². The molecule has 0 saturated heterocycles. The zero-order valence-corrected chi connectivity index (χ0v) is 18.9. The third-order valence-corrected chi connectivity index (χ3v) is 5.07. The molecule has 0 saturated carbocycles. The van der Waals surface area contributed by atoms with Crippen molar-refractivity contribution in [2.45, 2.75) is 39.4 Å². The minimum absolute atomic E-state index is 0.00861. The summed E-state index contributed by atoms with van der Waals surface area (Å²) in [4.78, 5) is 53.6. The van der Waals surface area contributed by atoms with E-state index < -0.39 is 23.2 Å². The number of nitrogens with zero attached hydrogens (tertiary/aromatic N) is 2. The van der Waals surface area contributed by atoms with E-state index in [4.69, 9.17) is 10.2 Å². The lowest BCUT2D eigenvalue weighted by atomic mass is 10.2. The molecule has 34 heavy (non-hydrogen) atoms. The lowest BCUT2D eigenvalue weighted by molar-refractivity contribution is -0.118. The molecule has 180 valence electrons. The second kappa shape index (κ2) is 11.5. The van der Waals surface area contributed by atoms with Crippen LogP contribution in [0.15, 0.2) is 62.7 Å². The van der Waals surface area contributed by atoms with Crippen LogP contribution in [-0.4, -0.2) is 28.0 Å². The number of aromatic nitrogens is 2. The number of benzene rings is 1. The minimum atomic E-state index is -0.712. The van der Waals surface area contributed by atoms with E-state index in [1.807, 2.05) is 37.3 Å². The van der Waals surface area contributed by atoms with E-state index in [0.717, 1.165) is 12.0 Å². The van der Waals surface area contributed by atoms with Crippen LogP contribution < -0.4 is 32.5 Å². The molecule has 1 aromatic carbocycles. The second-order valence-electron chi connectivity index (χ2n) is 7.65. The SMILES string of the molecule is CCCCn1c(N)c(N(CC(=O)NC(=O)NCc2ccco2)Cc2ccccc2)c(=O)[nH]c1=O. The molecule has 0 unspecified atom stereocenters. The number of carbonyl (C=O) groups is 2. The van der Waals surface area contributed by atoms with Gasteiger partial charge in [-0.15, -0.1) is 0 Å². The van der Waals surface area contributed by atoms with Crippen molar-refractivity contribution in [1.29, 1.82) is 0 Å². The highest BCUT2D eigenvalue weighted by Gasteiger charge is 2.22. The molecule has 5 N–H and O–H groups in total. The number of rotatable bonds is 10. The number of carbonyl (C=O) groups excluding carboxylic acids is 2. The molecule has 0 aliphatic rings. The number of furan rings is 1. The molecule has 0 bridgehead atoms. The molecule has 0 aliphatic carbocycles. The number of imide groups is 1. The normalized spacial score (nSPS) is 10.6. The summed E-state index contributed by atoms with van der Waals surface area (Å²) in [6.45, 7) is 2.21. The van der Waals surface area contributed by atoms with Gasteiger partial charge in [0.05, 0.1) is 19.4 Å². The monoisotopic (exact) mass is 468 g/mol. The van der Waals surface area contributed by atoms with E-state index in [9.17, 15) is 19.2 Å². The van der Waals surface area contributed by atoms with Gasteiger partial charge >= 0.3 is 11.7 Å². The molecular formula is C23H28N6O5. The first-order valence-electron chi connectivity index (χ1n) is 10.9. The highest BCUT2D eigenvalue weighted by molar-refractivity contribution is 5.96. The first-order chi connectivity index (χ1) is 16.4. The van der Waals surface area contributed by atoms with Gasteiger partial charge in [0.2, 0.25) is 5.91 Å². The molecule has 3 amide bonds. The number of anilines is 2. The van der Waals surface area contributed by atoms with Crippen molar-refractivity contribution in [3.63, 3.8) is 0 Å². The van der Waals surface area contributed by atoms with Crippen molar-refractivity contribution in [3.05, 3.63) is 80.9 Å². The Balaban J connectivity index is 1.83.